The zero-order chi connectivity index (χ0) is 18.7. The Labute approximate surface area is 154 Å². The molecule has 0 aliphatic carbocycles. The maximum atomic E-state index is 12.7. The third-order valence-electron chi connectivity index (χ3n) is 4.98. The van der Waals surface area contributed by atoms with E-state index in [2.05, 4.69) is 10.4 Å². The molecule has 26 heavy (non-hydrogen) atoms. The highest BCUT2D eigenvalue weighted by molar-refractivity contribution is 5.98. The molecule has 1 fully saturated rings. The summed E-state index contributed by atoms with van der Waals surface area (Å²) in [6, 6.07) is 7.36. The Morgan fingerprint density at radius 1 is 1.12 bits per heavy atom. The zero-order valence-electron chi connectivity index (χ0n) is 15.7. The molecule has 1 unspecified atom stereocenters. The zero-order valence-corrected chi connectivity index (χ0v) is 15.7. The molecule has 1 atom stereocenters. The topological polar surface area (TPSA) is 67.2 Å². The Morgan fingerprint density at radius 2 is 1.81 bits per heavy atom. The lowest BCUT2D eigenvalue weighted by atomic mass is 10.1. The van der Waals surface area contributed by atoms with Crippen LogP contribution in [0, 0.1) is 13.8 Å². The van der Waals surface area contributed by atoms with Gasteiger partial charge >= 0.3 is 0 Å². The number of aromatic nitrogens is 2. The number of nitrogens with one attached hydrogen (secondary N) is 1. The second kappa shape index (κ2) is 7.72. The molecule has 0 bridgehead atoms. The fourth-order valence-corrected chi connectivity index (χ4v) is 3.40. The molecular weight excluding hydrogens is 328 g/mol. The van der Waals surface area contributed by atoms with Crippen molar-refractivity contribution in [1.82, 2.24) is 20.0 Å². The fraction of sp³-hybridized carbons (Fsp3) is 0.450. The number of carbonyl (C=O) groups excluding carboxylic acids is 2. The average molecular weight is 354 g/mol. The van der Waals surface area contributed by atoms with Gasteiger partial charge in [0.15, 0.2) is 0 Å². The van der Waals surface area contributed by atoms with Gasteiger partial charge in [0.1, 0.15) is 6.04 Å². The number of rotatable bonds is 4. The van der Waals surface area contributed by atoms with Crippen molar-refractivity contribution < 1.29 is 9.59 Å². The molecular formula is C20H26N4O2. The van der Waals surface area contributed by atoms with Gasteiger partial charge in [-0.25, -0.2) is 4.68 Å². The number of benzene rings is 1. The van der Waals surface area contributed by atoms with Gasteiger partial charge in [0.05, 0.1) is 23.1 Å². The maximum absolute atomic E-state index is 12.7. The fourth-order valence-electron chi connectivity index (χ4n) is 3.40. The minimum Gasteiger partial charge on any atom is -0.341 e. The molecule has 0 saturated carbocycles. The Balaban J connectivity index is 1.72. The van der Waals surface area contributed by atoms with Crippen LogP contribution in [-0.2, 0) is 4.79 Å². The predicted molar refractivity (Wildman–Crippen MR) is 100 cm³/mol. The van der Waals surface area contributed by atoms with E-state index in [4.69, 9.17) is 0 Å². The molecule has 1 aliphatic heterocycles. The van der Waals surface area contributed by atoms with Crippen molar-refractivity contribution in [2.45, 2.75) is 46.1 Å². The van der Waals surface area contributed by atoms with E-state index in [-0.39, 0.29) is 11.8 Å². The molecule has 1 saturated heterocycles. The molecule has 138 valence electrons. The van der Waals surface area contributed by atoms with Crippen molar-refractivity contribution in [2.24, 2.45) is 0 Å². The summed E-state index contributed by atoms with van der Waals surface area (Å²) in [5, 5.41) is 7.20. The predicted octanol–water partition coefficient (Wildman–Crippen LogP) is 2.62. The van der Waals surface area contributed by atoms with Gasteiger partial charge < -0.3 is 10.2 Å². The van der Waals surface area contributed by atoms with Gasteiger partial charge in [0.2, 0.25) is 5.91 Å². The standard InChI is InChI=1S/C20H26N4O2/c1-14-9-5-6-10-18(14)24-16(3)17(13-21-24)19(25)22-15(2)20(26)23-11-7-4-8-12-23/h5-6,9-10,13,15H,4,7-8,11-12H2,1-3H3,(H,22,25). The number of piperidine rings is 1. The number of amides is 2. The van der Waals surface area contributed by atoms with E-state index >= 15 is 0 Å². The van der Waals surface area contributed by atoms with Crippen LogP contribution in [0.25, 0.3) is 5.69 Å². The van der Waals surface area contributed by atoms with Crippen LogP contribution >= 0.6 is 0 Å². The highest BCUT2D eigenvalue weighted by atomic mass is 16.2. The summed E-state index contributed by atoms with van der Waals surface area (Å²) in [6.45, 7) is 7.18. The molecule has 1 N–H and O–H groups in total. The first kappa shape index (κ1) is 18.2. The van der Waals surface area contributed by atoms with Crippen LogP contribution in [0.4, 0.5) is 0 Å². The molecule has 6 nitrogen and oxygen atoms in total. The van der Waals surface area contributed by atoms with Gasteiger partial charge in [-0.3, -0.25) is 9.59 Å². The lowest BCUT2D eigenvalue weighted by Crippen LogP contribution is -2.48. The molecule has 2 aromatic rings. The number of hydrogen-bond donors (Lipinski definition) is 1. The van der Waals surface area contributed by atoms with E-state index in [1.165, 1.54) is 6.42 Å². The van der Waals surface area contributed by atoms with Crippen molar-refractivity contribution >= 4 is 11.8 Å². The summed E-state index contributed by atoms with van der Waals surface area (Å²) >= 11 is 0. The summed E-state index contributed by atoms with van der Waals surface area (Å²) in [4.78, 5) is 27.0. The van der Waals surface area contributed by atoms with E-state index in [0.29, 0.717) is 5.56 Å². The van der Waals surface area contributed by atoms with Gasteiger partial charge in [0.25, 0.3) is 5.91 Å². The van der Waals surface area contributed by atoms with Crippen LogP contribution in [0.1, 0.15) is 47.8 Å². The molecule has 0 spiro atoms. The van der Waals surface area contributed by atoms with E-state index < -0.39 is 6.04 Å². The lowest BCUT2D eigenvalue weighted by molar-refractivity contribution is -0.133. The second-order valence-electron chi connectivity index (χ2n) is 6.92. The quantitative estimate of drug-likeness (QED) is 0.918. The van der Waals surface area contributed by atoms with Crippen LogP contribution < -0.4 is 5.32 Å². The summed E-state index contributed by atoms with van der Waals surface area (Å²) in [5.41, 5.74) is 3.28. The summed E-state index contributed by atoms with van der Waals surface area (Å²) in [6.07, 6.45) is 4.81. The Bertz CT molecular complexity index is 806. The highest BCUT2D eigenvalue weighted by Crippen LogP contribution is 2.18. The monoisotopic (exact) mass is 354 g/mol. The minimum atomic E-state index is -0.540. The Kier molecular flexibility index (Phi) is 5.40. The number of nitrogens with zero attached hydrogens (tertiary/aromatic N) is 3. The lowest BCUT2D eigenvalue weighted by Gasteiger charge is -2.29. The molecule has 6 heteroatoms. The van der Waals surface area contributed by atoms with Crippen LogP contribution in [0.15, 0.2) is 30.5 Å². The van der Waals surface area contributed by atoms with Crippen molar-refractivity contribution in [3.05, 3.63) is 47.3 Å². The largest absolute Gasteiger partial charge is 0.341 e. The first-order valence-corrected chi connectivity index (χ1v) is 9.19. The van der Waals surface area contributed by atoms with Crippen molar-refractivity contribution in [3.8, 4) is 5.69 Å². The van der Waals surface area contributed by atoms with Gasteiger partial charge in [-0.05, 0) is 51.7 Å². The third kappa shape index (κ3) is 3.64. The maximum Gasteiger partial charge on any atom is 0.255 e. The number of para-hydroxylation sites is 1. The molecule has 2 heterocycles. The molecule has 1 aromatic carbocycles. The SMILES string of the molecule is Cc1ccccc1-n1ncc(C(=O)NC(C)C(=O)N2CCCCC2)c1C. The normalized spacial score (nSPS) is 15.6. The van der Waals surface area contributed by atoms with E-state index in [1.807, 2.05) is 43.0 Å². The summed E-state index contributed by atoms with van der Waals surface area (Å²) in [7, 11) is 0. The van der Waals surface area contributed by atoms with Crippen molar-refractivity contribution in [2.75, 3.05) is 13.1 Å². The van der Waals surface area contributed by atoms with Gasteiger partial charge in [-0.2, -0.15) is 5.10 Å². The summed E-state index contributed by atoms with van der Waals surface area (Å²) < 4.78 is 1.77. The van der Waals surface area contributed by atoms with Gasteiger partial charge in [0, 0.05) is 13.1 Å². The molecule has 1 aliphatic rings. The molecule has 3 rings (SSSR count). The van der Waals surface area contributed by atoms with Gasteiger partial charge in [-0.1, -0.05) is 18.2 Å². The number of likely N-dealkylation sites (tertiary alicyclic amines) is 1. The number of carbonyl (C=O) groups is 2. The van der Waals surface area contributed by atoms with E-state index in [9.17, 15) is 9.59 Å². The van der Waals surface area contributed by atoms with Gasteiger partial charge in [-0.15, -0.1) is 0 Å². The second-order valence-corrected chi connectivity index (χ2v) is 6.92. The smallest absolute Gasteiger partial charge is 0.255 e. The third-order valence-corrected chi connectivity index (χ3v) is 4.98. The van der Waals surface area contributed by atoms with Crippen molar-refractivity contribution in [3.63, 3.8) is 0 Å². The highest BCUT2D eigenvalue weighted by Gasteiger charge is 2.25. The Hall–Kier alpha value is -2.63. The molecule has 0 radical (unpaired) electrons. The van der Waals surface area contributed by atoms with Crippen LogP contribution in [-0.4, -0.2) is 45.6 Å². The Morgan fingerprint density at radius 3 is 2.50 bits per heavy atom. The first-order valence-electron chi connectivity index (χ1n) is 9.19. The van der Waals surface area contributed by atoms with E-state index in [1.54, 1.807) is 17.8 Å². The first-order chi connectivity index (χ1) is 12.5. The van der Waals surface area contributed by atoms with Crippen LogP contribution in [0.3, 0.4) is 0 Å². The van der Waals surface area contributed by atoms with Crippen LogP contribution in [0.2, 0.25) is 0 Å². The minimum absolute atomic E-state index is 0.0120. The molecule has 1 aromatic heterocycles. The molecule has 2 amide bonds. The van der Waals surface area contributed by atoms with Crippen LogP contribution in [0.5, 0.6) is 0 Å². The van der Waals surface area contributed by atoms with Crippen molar-refractivity contribution in [1.29, 1.82) is 0 Å². The average Bonchev–Trinajstić information content (AvgIpc) is 3.03. The number of hydrogen-bond acceptors (Lipinski definition) is 3. The number of aryl methyl sites for hydroxylation is 1. The van der Waals surface area contributed by atoms with E-state index in [0.717, 1.165) is 42.9 Å². The summed E-state index contributed by atoms with van der Waals surface area (Å²) in [5.74, 6) is -0.276.